The molecule has 0 saturated carbocycles. The lowest BCUT2D eigenvalue weighted by Gasteiger charge is -2.09. The molecule has 0 spiro atoms. The fourth-order valence-electron chi connectivity index (χ4n) is 3.24. The molecule has 0 unspecified atom stereocenters. The van der Waals surface area contributed by atoms with Crippen molar-refractivity contribution in [1.29, 1.82) is 0 Å². The molecule has 5 nitrogen and oxygen atoms in total. The molecular formula is C23H20ClN3O2. The molecule has 6 heteroatoms. The van der Waals surface area contributed by atoms with Gasteiger partial charge in [0, 0.05) is 36.8 Å². The van der Waals surface area contributed by atoms with Crippen molar-refractivity contribution in [3.05, 3.63) is 94.8 Å². The van der Waals surface area contributed by atoms with E-state index in [0.29, 0.717) is 29.7 Å². The third kappa shape index (κ3) is 4.10. The summed E-state index contributed by atoms with van der Waals surface area (Å²) in [5, 5.41) is 4.25. The smallest absolute Gasteiger partial charge is 0.269 e. The van der Waals surface area contributed by atoms with Crippen molar-refractivity contribution < 1.29 is 9.53 Å². The van der Waals surface area contributed by atoms with E-state index < -0.39 is 0 Å². The SMILES string of the molecule is Cn1c(C(=O)NCc2ccnc(OCc3ccccc3)c2)c(Cl)c2ccccc21. The van der Waals surface area contributed by atoms with Gasteiger partial charge in [-0.15, -0.1) is 0 Å². The highest BCUT2D eigenvalue weighted by Crippen LogP contribution is 2.29. The second-order valence-electron chi connectivity index (χ2n) is 6.70. The highest BCUT2D eigenvalue weighted by molar-refractivity contribution is 6.38. The predicted molar refractivity (Wildman–Crippen MR) is 114 cm³/mol. The molecule has 0 aliphatic carbocycles. The van der Waals surface area contributed by atoms with Crippen LogP contribution in [-0.2, 0) is 20.2 Å². The van der Waals surface area contributed by atoms with E-state index in [-0.39, 0.29) is 5.91 Å². The summed E-state index contributed by atoms with van der Waals surface area (Å²) < 4.78 is 7.57. The van der Waals surface area contributed by atoms with Crippen LogP contribution < -0.4 is 10.1 Å². The molecule has 0 saturated heterocycles. The van der Waals surface area contributed by atoms with Crippen LogP contribution in [0.1, 0.15) is 21.6 Å². The molecule has 2 heterocycles. The Kier molecular flexibility index (Phi) is 5.49. The van der Waals surface area contributed by atoms with Crippen LogP contribution in [0, 0.1) is 0 Å². The van der Waals surface area contributed by atoms with E-state index in [1.54, 1.807) is 6.20 Å². The van der Waals surface area contributed by atoms with Gasteiger partial charge in [-0.1, -0.05) is 60.1 Å². The third-order valence-corrected chi connectivity index (χ3v) is 5.12. The van der Waals surface area contributed by atoms with Gasteiger partial charge in [0.25, 0.3) is 5.91 Å². The number of aromatic nitrogens is 2. The lowest BCUT2D eigenvalue weighted by Crippen LogP contribution is -2.25. The summed E-state index contributed by atoms with van der Waals surface area (Å²) in [5.74, 6) is 0.292. The van der Waals surface area contributed by atoms with Crippen LogP contribution in [0.3, 0.4) is 0 Å². The van der Waals surface area contributed by atoms with Crippen LogP contribution in [0.15, 0.2) is 72.9 Å². The second-order valence-corrected chi connectivity index (χ2v) is 7.08. The lowest BCUT2D eigenvalue weighted by molar-refractivity contribution is 0.0943. The summed E-state index contributed by atoms with van der Waals surface area (Å²) in [5.41, 5.74) is 3.33. The number of rotatable bonds is 6. The Morgan fingerprint density at radius 1 is 1.07 bits per heavy atom. The molecule has 4 aromatic rings. The number of amides is 1. The summed E-state index contributed by atoms with van der Waals surface area (Å²) in [6.45, 7) is 0.788. The average molecular weight is 406 g/mol. The Labute approximate surface area is 173 Å². The number of pyridine rings is 1. The molecule has 0 aliphatic heterocycles. The Hall–Kier alpha value is -3.31. The standard InChI is InChI=1S/C23H20ClN3O2/c1-27-19-10-6-5-9-18(19)21(24)22(27)23(28)26-14-17-11-12-25-20(13-17)29-15-16-7-3-2-4-8-16/h2-13H,14-15H2,1H3,(H,26,28). The first-order valence-corrected chi connectivity index (χ1v) is 9.64. The van der Waals surface area contributed by atoms with Gasteiger partial charge in [0.15, 0.2) is 0 Å². The first kappa shape index (κ1) is 19.0. The van der Waals surface area contributed by atoms with E-state index in [1.807, 2.05) is 78.3 Å². The number of benzene rings is 2. The number of halogens is 1. The Morgan fingerprint density at radius 2 is 1.83 bits per heavy atom. The van der Waals surface area contributed by atoms with Gasteiger partial charge in [0.2, 0.25) is 5.88 Å². The Bertz CT molecular complexity index is 1120. The molecule has 0 atom stereocenters. The highest BCUT2D eigenvalue weighted by Gasteiger charge is 2.19. The molecule has 0 radical (unpaired) electrons. The normalized spacial score (nSPS) is 10.8. The van der Waals surface area contributed by atoms with Gasteiger partial charge < -0.3 is 14.6 Å². The number of hydrogen-bond donors (Lipinski definition) is 1. The fraction of sp³-hybridized carbons (Fsp3) is 0.130. The predicted octanol–water partition coefficient (Wildman–Crippen LogP) is 4.74. The molecule has 0 bridgehead atoms. The maximum absolute atomic E-state index is 12.8. The fourth-order valence-corrected chi connectivity index (χ4v) is 3.61. The molecule has 146 valence electrons. The number of ether oxygens (including phenoxy) is 1. The molecule has 1 N–H and O–H groups in total. The van der Waals surface area contributed by atoms with Crippen molar-refractivity contribution in [3.8, 4) is 5.88 Å². The minimum absolute atomic E-state index is 0.225. The van der Waals surface area contributed by atoms with Gasteiger partial charge in [-0.3, -0.25) is 4.79 Å². The number of fused-ring (bicyclic) bond motifs is 1. The number of aryl methyl sites for hydroxylation is 1. The Morgan fingerprint density at radius 3 is 2.62 bits per heavy atom. The first-order chi connectivity index (χ1) is 14.1. The molecular weight excluding hydrogens is 386 g/mol. The number of carbonyl (C=O) groups is 1. The molecule has 0 fully saturated rings. The van der Waals surface area contributed by atoms with E-state index in [2.05, 4.69) is 10.3 Å². The van der Waals surface area contributed by atoms with Crippen molar-refractivity contribution >= 4 is 28.4 Å². The van der Waals surface area contributed by atoms with Gasteiger partial charge in [-0.25, -0.2) is 4.98 Å². The molecule has 0 aliphatic rings. The van der Waals surface area contributed by atoms with Gasteiger partial charge in [0.05, 0.1) is 5.02 Å². The van der Waals surface area contributed by atoms with Gasteiger partial charge in [-0.2, -0.15) is 0 Å². The number of para-hydroxylation sites is 1. The van der Waals surface area contributed by atoms with Crippen molar-refractivity contribution in [2.45, 2.75) is 13.2 Å². The third-order valence-electron chi connectivity index (χ3n) is 4.74. The van der Waals surface area contributed by atoms with Crippen LogP contribution in [0.25, 0.3) is 10.9 Å². The summed E-state index contributed by atoms with van der Waals surface area (Å²) in [6.07, 6.45) is 1.67. The van der Waals surface area contributed by atoms with Crippen molar-refractivity contribution in [3.63, 3.8) is 0 Å². The zero-order valence-corrected chi connectivity index (χ0v) is 16.7. The monoisotopic (exact) mass is 405 g/mol. The topological polar surface area (TPSA) is 56.2 Å². The molecule has 29 heavy (non-hydrogen) atoms. The Balaban J connectivity index is 1.43. The molecule has 2 aromatic carbocycles. The molecule has 2 aromatic heterocycles. The summed E-state index contributed by atoms with van der Waals surface area (Å²) in [4.78, 5) is 17.0. The zero-order valence-electron chi connectivity index (χ0n) is 15.9. The highest BCUT2D eigenvalue weighted by atomic mass is 35.5. The number of nitrogens with one attached hydrogen (secondary N) is 1. The summed E-state index contributed by atoms with van der Waals surface area (Å²) in [6, 6.07) is 21.3. The molecule has 4 rings (SSSR count). The van der Waals surface area contributed by atoms with E-state index >= 15 is 0 Å². The van der Waals surface area contributed by atoms with Crippen molar-refractivity contribution in [1.82, 2.24) is 14.9 Å². The number of nitrogens with zero attached hydrogens (tertiary/aromatic N) is 2. The number of hydrogen-bond acceptors (Lipinski definition) is 3. The quantitative estimate of drug-likeness (QED) is 0.504. The van der Waals surface area contributed by atoms with E-state index in [9.17, 15) is 4.79 Å². The maximum Gasteiger partial charge on any atom is 0.269 e. The largest absolute Gasteiger partial charge is 0.473 e. The van der Waals surface area contributed by atoms with Gasteiger partial charge in [0.1, 0.15) is 12.3 Å². The van der Waals surface area contributed by atoms with Crippen LogP contribution in [-0.4, -0.2) is 15.5 Å². The minimum Gasteiger partial charge on any atom is -0.473 e. The lowest BCUT2D eigenvalue weighted by atomic mass is 10.2. The van der Waals surface area contributed by atoms with Crippen LogP contribution >= 0.6 is 11.6 Å². The first-order valence-electron chi connectivity index (χ1n) is 9.26. The maximum atomic E-state index is 12.8. The van der Waals surface area contributed by atoms with Crippen molar-refractivity contribution in [2.75, 3.05) is 0 Å². The summed E-state index contributed by atoms with van der Waals surface area (Å²) in [7, 11) is 1.84. The van der Waals surface area contributed by atoms with E-state index in [1.165, 1.54) is 0 Å². The zero-order chi connectivity index (χ0) is 20.2. The summed E-state index contributed by atoms with van der Waals surface area (Å²) >= 11 is 6.45. The number of carbonyl (C=O) groups excluding carboxylic acids is 1. The van der Waals surface area contributed by atoms with Gasteiger partial charge in [-0.05, 0) is 23.3 Å². The van der Waals surface area contributed by atoms with E-state index in [0.717, 1.165) is 22.0 Å². The van der Waals surface area contributed by atoms with Crippen LogP contribution in [0.5, 0.6) is 5.88 Å². The molecule has 1 amide bonds. The van der Waals surface area contributed by atoms with E-state index in [4.69, 9.17) is 16.3 Å². The second kappa shape index (κ2) is 8.37. The minimum atomic E-state index is -0.225. The van der Waals surface area contributed by atoms with Gasteiger partial charge >= 0.3 is 0 Å². The van der Waals surface area contributed by atoms with Crippen molar-refractivity contribution in [2.24, 2.45) is 7.05 Å². The average Bonchev–Trinajstić information content (AvgIpc) is 3.02. The van der Waals surface area contributed by atoms with Crippen LogP contribution in [0.2, 0.25) is 5.02 Å². The van der Waals surface area contributed by atoms with Crippen LogP contribution in [0.4, 0.5) is 0 Å².